The minimum atomic E-state index is -2.17. The molecule has 39 heavy (non-hydrogen) atoms. The second-order valence-electron chi connectivity index (χ2n) is 14.2. The molecule has 8 aliphatic rings. The van der Waals surface area contributed by atoms with E-state index in [4.69, 9.17) is 0 Å². The second kappa shape index (κ2) is 8.43. The summed E-state index contributed by atoms with van der Waals surface area (Å²) in [4.78, 5) is 0. The first-order chi connectivity index (χ1) is 18.7. The van der Waals surface area contributed by atoms with Gasteiger partial charge in [0.25, 0.3) is 0 Å². The van der Waals surface area contributed by atoms with Gasteiger partial charge in [0, 0.05) is 10.9 Å². The van der Waals surface area contributed by atoms with Gasteiger partial charge in [0.15, 0.2) is 23.3 Å². The Balaban J connectivity index is 1.33. The van der Waals surface area contributed by atoms with Crippen LogP contribution in [0.25, 0.3) is 11.1 Å². The molecular weight excluding hydrogens is 526 g/mol. The van der Waals surface area contributed by atoms with Crippen molar-refractivity contribution in [1.82, 2.24) is 0 Å². The Kier molecular flexibility index (Phi) is 5.42. The zero-order chi connectivity index (χ0) is 26.8. The molecule has 7 heteroatoms. The monoisotopic (exact) mass is 560 g/mol. The first kappa shape index (κ1) is 25.1. The number of rotatable bonds is 4. The summed E-state index contributed by atoms with van der Waals surface area (Å²) >= 11 is 0. The van der Waals surface area contributed by atoms with Gasteiger partial charge in [-0.25, -0.2) is 22.0 Å². The molecule has 10 rings (SSSR count). The van der Waals surface area contributed by atoms with E-state index in [-0.39, 0.29) is 21.6 Å². The topological polar surface area (TPSA) is 20.2 Å². The van der Waals surface area contributed by atoms with E-state index in [1.54, 1.807) is 6.07 Å². The Hall–Kier alpha value is -1.68. The van der Waals surface area contributed by atoms with Crippen LogP contribution in [-0.4, -0.2) is 15.4 Å². The lowest BCUT2D eigenvalue weighted by molar-refractivity contribution is 0.0195. The third-order valence-electron chi connectivity index (χ3n) is 11.7. The van der Waals surface area contributed by atoms with Crippen molar-refractivity contribution in [1.29, 1.82) is 0 Å². The maximum absolute atomic E-state index is 15.0. The summed E-state index contributed by atoms with van der Waals surface area (Å²) in [6, 6.07) is 4.90. The number of benzene rings is 2. The molecule has 1 nitrogen and oxygen atoms in total. The summed E-state index contributed by atoms with van der Waals surface area (Å²) < 4.78 is 72.4. The van der Waals surface area contributed by atoms with Crippen LogP contribution in [0.5, 0.6) is 5.75 Å². The van der Waals surface area contributed by atoms with Crippen molar-refractivity contribution < 1.29 is 27.1 Å². The highest BCUT2D eigenvalue weighted by molar-refractivity contribution is 7.69. The number of hydrogen-bond acceptors (Lipinski definition) is 1. The second-order valence-corrected chi connectivity index (χ2v) is 17.3. The van der Waals surface area contributed by atoms with Crippen LogP contribution in [0.15, 0.2) is 18.2 Å². The van der Waals surface area contributed by atoms with Crippen molar-refractivity contribution in [2.45, 2.75) is 87.4 Å². The Bertz CT molecular complexity index is 1230. The molecular formula is C32H34F5OP. The average Bonchev–Trinajstić information content (AvgIpc) is 2.86. The van der Waals surface area contributed by atoms with Crippen molar-refractivity contribution in [3.63, 3.8) is 0 Å². The van der Waals surface area contributed by atoms with Crippen molar-refractivity contribution in [2.24, 2.45) is 35.5 Å². The largest absolute Gasteiger partial charge is 0.507 e. The maximum Gasteiger partial charge on any atom is 0.200 e. The molecule has 2 aromatic rings. The first-order valence-corrected chi connectivity index (χ1v) is 16.1. The van der Waals surface area contributed by atoms with Crippen molar-refractivity contribution >= 4 is 13.2 Å². The summed E-state index contributed by atoms with van der Waals surface area (Å²) in [5.74, 6) is -5.92. The third-order valence-corrected chi connectivity index (χ3v) is 15.5. The molecule has 2 aromatic carbocycles. The number of aromatic hydroxyl groups is 1. The van der Waals surface area contributed by atoms with Gasteiger partial charge < -0.3 is 5.11 Å². The summed E-state index contributed by atoms with van der Waals surface area (Å²) in [5.41, 5.74) is -1.29. The fourth-order valence-corrected chi connectivity index (χ4v) is 16.7. The van der Waals surface area contributed by atoms with Gasteiger partial charge in [0.2, 0.25) is 5.82 Å². The fourth-order valence-electron chi connectivity index (χ4n) is 11.4. The Morgan fingerprint density at radius 3 is 1.31 bits per heavy atom. The van der Waals surface area contributed by atoms with E-state index in [0.29, 0.717) is 35.5 Å². The molecule has 0 amide bonds. The van der Waals surface area contributed by atoms with Gasteiger partial charge in [0.05, 0.1) is 5.56 Å². The molecule has 0 saturated heterocycles. The molecule has 8 saturated carbocycles. The quantitative estimate of drug-likeness (QED) is 0.172. The van der Waals surface area contributed by atoms with Gasteiger partial charge in [-0.2, -0.15) is 0 Å². The molecule has 0 spiro atoms. The van der Waals surface area contributed by atoms with Gasteiger partial charge in [-0.15, -0.1) is 0 Å². The number of hydrogen-bond donors (Lipinski definition) is 1. The van der Waals surface area contributed by atoms with Crippen LogP contribution < -0.4 is 5.30 Å². The predicted molar refractivity (Wildman–Crippen MR) is 142 cm³/mol. The van der Waals surface area contributed by atoms with Crippen molar-refractivity contribution in [3.8, 4) is 16.9 Å². The van der Waals surface area contributed by atoms with Gasteiger partial charge in [-0.05, 0) is 123 Å². The molecule has 0 radical (unpaired) electrons. The average molecular weight is 561 g/mol. The van der Waals surface area contributed by atoms with Gasteiger partial charge in [-0.3, -0.25) is 0 Å². The van der Waals surface area contributed by atoms with E-state index in [0.717, 1.165) is 43.8 Å². The summed E-state index contributed by atoms with van der Waals surface area (Å²) in [6.07, 6.45) is 14.7. The molecule has 1 N–H and O–H groups in total. The van der Waals surface area contributed by atoms with E-state index < -0.39 is 42.6 Å². The molecule has 8 bridgehead atoms. The molecule has 8 fully saturated rings. The van der Waals surface area contributed by atoms with E-state index in [1.165, 1.54) is 44.6 Å². The van der Waals surface area contributed by atoms with Crippen LogP contribution in [0.4, 0.5) is 22.0 Å². The Morgan fingerprint density at radius 1 is 0.564 bits per heavy atom. The summed E-state index contributed by atoms with van der Waals surface area (Å²) in [7, 11) is -0.929. The smallest absolute Gasteiger partial charge is 0.200 e. The van der Waals surface area contributed by atoms with E-state index in [9.17, 15) is 18.3 Å². The number of phenols is 1. The highest BCUT2D eigenvalue weighted by Crippen LogP contribution is 2.78. The lowest BCUT2D eigenvalue weighted by Crippen LogP contribution is -2.58. The minimum absolute atomic E-state index is 0.0856. The minimum Gasteiger partial charge on any atom is -0.507 e. The van der Waals surface area contributed by atoms with Crippen LogP contribution in [-0.2, 0) is 0 Å². The van der Waals surface area contributed by atoms with Crippen molar-refractivity contribution in [3.05, 3.63) is 47.3 Å². The summed E-state index contributed by atoms with van der Waals surface area (Å²) in [5, 5.41) is 12.8. The molecule has 208 valence electrons. The Labute approximate surface area is 227 Å². The number of phenolic OH excluding ortho intramolecular Hbond substituents is 1. The fraction of sp³-hybridized carbons (Fsp3) is 0.625. The van der Waals surface area contributed by atoms with Crippen LogP contribution in [0.2, 0.25) is 0 Å². The van der Waals surface area contributed by atoms with Crippen molar-refractivity contribution in [2.75, 3.05) is 0 Å². The number of halogens is 5. The molecule has 0 unspecified atom stereocenters. The van der Waals surface area contributed by atoms with Gasteiger partial charge >= 0.3 is 0 Å². The molecule has 0 atom stereocenters. The lowest BCUT2D eigenvalue weighted by Gasteiger charge is -2.67. The molecule has 0 aromatic heterocycles. The molecule has 8 aliphatic carbocycles. The maximum atomic E-state index is 15.0. The predicted octanol–water partition coefficient (Wildman–Crippen LogP) is 8.80. The van der Waals surface area contributed by atoms with E-state index in [2.05, 4.69) is 0 Å². The van der Waals surface area contributed by atoms with Gasteiger partial charge in [0.1, 0.15) is 5.75 Å². The zero-order valence-corrected chi connectivity index (χ0v) is 22.9. The molecule has 0 aliphatic heterocycles. The molecule has 0 heterocycles. The van der Waals surface area contributed by atoms with Crippen LogP contribution in [0.3, 0.4) is 0 Å². The standard InChI is InChI=1S/C32H34F5OP/c33-25-24(26(34)28(36)29(37)27(25)35)22-2-1-3-23(30(22)38)39(31-10-16-4-17(11-31)6-18(5-16)12-31)32-13-19-7-20(14-32)9-21(8-19)15-32/h1-3,16-21,38H,4-15H2. The van der Waals surface area contributed by atoms with Crippen LogP contribution >= 0.6 is 7.92 Å². The van der Waals surface area contributed by atoms with Crippen LogP contribution in [0, 0.1) is 64.6 Å². The third kappa shape index (κ3) is 3.52. The highest BCUT2D eigenvalue weighted by atomic mass is 31.1. The Morgan fingerprint density at radius 2 is 0.923 bits per heavy atom. The van der Waals surface area contributed by atoms with E-state index in [1.807, 2.05) is 6.07 Å². The SMILES string of the molecule is Oc1c(-c2c(F)c(F)c(F)c(F)c2F)cccc1P(C12CC3CC(CC(C3)C1)C2)C12CC3CC(CC(C3)C1)C2. The lowest BCUT2D eigenvalue weighted by atomic mass is 9.55. The highest BCUT2D eigenvalue weighted by Gasteiger charge is 2.63. The van der Waals surface area contributed by atoms with Crippen LogP contribution in [0.1, 0.15) is 77.0 Å². The van der Waals surface area contributed by atoms with Gasteiger partial charge in [-0.1, -0.05) is 26.1 Å². The van der Waals surface area contributed by atoms with E-state index >= 15 is 8.78 Å². The summed E-state index contributed by atoms with van der Waals surface area (Å²) in [6.45, 7) is 0. The zero-order valence-electron chi connectivity index (χ0n) is 22.0. The number of para-hydroxylation sites is 1. The first-order valence-electron chi connectivity index (χ1n) is 14.8. The normalized spacial score (nSPS) is 40.4.